The molecule has 0 saturated heterocycles. The molecule has 1 N–H and O–H groups in total. The smallest absolute Gasteiger partial charge is 0.330 e. The van der Waals surface area contributed by atoms with Crippen molar-refractivity contribution in [1.82, 2.24) is 0 Å². The van der Waals surface area contributed by atoms with Crippen molar-refractivity contribution in [2.45, 2.75) is 96.5 Å². The van der Waals surface area contributed by atoms with E-state index in [0.717, 1.165) is 57.8 Å². The molecule has 0 fully saturated rings. The fourth-order valence-electron chi connectivity index (χ4n) is 2.67. The molecule has 0 heterocycles. The van der Waals surface area contributed by atoms with Crippen molar-refractivity contribution < 1.29 is 19.4 Å². The monoisotopic (exact) mass is 352 g/mol. The maximum Gasteiger partial charge on any atom is 0.330 e. The van der Waals surface area contributed by atoms with Crippen LogP contribution in [0.3, 0.4) is 0 Å². The molecule has 4 heteroatoms. The normalized spacial score (nSPS) is 12.2. The largest absolute Gasteiger partial charge is 0.481 e. The first-order valence-corrected chi connectivity index (χ1v) is 9.80. The van der Waals surface area contributed by atoms with Gasteiger partial charge in [0.15, 0.2) is 0 Å². The van der Waals surface area contributed by atoms with Crippen LogP contribution in [0.25, 0.3) is 0 Å². The van der Waals surface area contributed by atoms with E-state index in [1.54, 1.807) is 0 Å². The molecule has 0 aromatic heterocycles. The predicted octanol–water partition coefficient (Wildman–Crippen LogP) is 5.82. The van der Waals surface area contributed by atoms with Gasteiger partial charge in [-0.05, 0) is 32.1 Å². The molecule has 0 aliphatic rings. The number of ether oxygens (including phenoxy) is 1. The maximum atomic E-state index is 11.4. The summed E-state index contributed by atoms with van der Waals surface area (Å²) < 4.78 is 5.41. The molecule has 0 aliphatic carbocycles. The highest BCUT2D eigenvalue weighted by Crippen LogP contribution is 2.13. The number of hydrogen-bond donors (Lipinski definition) is 1. The fraction of sp³-hybridized carbons (Fsp3) is 0.714. The molecule has 4 nitrogen and oxygen atoms in total. The lowest BCUT2D eigenvalue weighted by Crippen LogP contribution is -2.16. The highest BCUT2D eigenvalue weighted by atomic mass is 16.5. The molecule has 0 aromatic carbocycles. The molecule has 0 spiro atoms. The Morgan fingerprint density at radius 1 is 1.00 bits per heavy atom. The van der Waals surface area contributed by atoms with Gasteiger partial charge in [0, 0.05) is 18.9 Å². The number of carboxylic acid groups (broad SMARTS) is 1. The lowest BCUT2D eigenvalue weighted by Gasteiger charge is -2.15. The van der Waals surface area contributed by atoms with Gasteiger partial charge in [0.2, 0.25) is 0 Å². The number of allylic oxidation sites excluding steroid dienone is 1. The molecule has 25 heavy (non-hydrogen) atoms. The molecule has 0 aliphatic heterocycles. The highest BCUT2D eigenvalue weighted by Gasteiger charge is 2.10. The number of esters is 1. The molecule has 0 bridgehead atoms. The number of carbonyl (C=O) groups excluding carboxylic acids is 1. The molecule has 0 aromatic rings. The summed E-state index contributed by atoms with van der Waals surface area (Å²) in [7, 11) is 0. The number of carbonyl (C=O) groups is 2. The van der Waals surface area contributed by atoms with E-state index in [1.165, 1.54) is 25.3 Å². The Kier molecular flexibility index (Phi) is 16.2. The summed E-state index contributed by atoms with van der Waals surface area (Å²) in [5, 5.41) is 8.56. The van der Waals surface area contributed by atoms with Gasteiger partial charge in [-0.2, -0.15) is 0 Å². The molecule has 1 unspecified atom stereocenters. The van der Waals surface area contributed by atoms with Crippen LogP contribution in [0.15, 0.2) is 24.8 Å². The van der Waals surface area contributed by atoms with E-state index in [2.05, 4.69) is 25.7 Å². The second-order valence-electron chi connectivity index (χ2n) is 6.52. The second-order valence-corrected chi connectivity index (χ2v) is 6.52. The lowest BCUT2D eigenvalue weighted by atomic mass is 10.1. The Balaban J connectivity index is 3.81. The summed E-state index contributed by atoms with van der Waals surface area (Å²) in [4.78, 5) is 21.8. The van der Waals surface area contributed by atoms with Crippen LogP contribution in [0.2, 0.25) is 0 Å². The molecule has 0 amide bonds. The quantitative estimate of drug-likeness (QED) is 0.155. The summed E-state index contributed by atoms with van der Waals surface area (Å²) in [6, 6.07) is 0. The number of rotatable bonds is 17. The minimum Gasteiger partial charge on any atom is -0.481 e. The zero-order chi connectivity index (χ0) is 18.8. The molecular weight excluding hydrogens is 316 g/mol. The molecule has 1 atom stereocenters. The van der Waals surface area contributed by atoms with Gasteiger partial charge in [-0.25, -0.2) is 4.79 Å². The van der Waals surface area contributed by atoms with Gasteiger partial charge in [0.1, 0.15) is 6.10 Å². The van der Waals surface area contributed by atoms with Crippen molar-refractivity contribution >= 4 is 11.9 Å². The zero-order valence-electron chi connectivity index (χ0n) is 15.9. The Labute approximate surface area is 153 Å². The van der Waals surface area contributed by atoms with Gasteiger partial charge in [-0.15, -0.1) is 0 Å². The zero-order valence-corrected chi connectivity index (χ0v) is 15.9. The molecule has 0 saturated carbocycles. The standard InChI is InChI=1S/C21H36O4/c1-3-5-6-13-16-19(25-21(24)4-2)17-14-11-9-7-8-10-12-15-18-20(22)23/h4,11,14,19H,2-3,5-10,12-13,15-18H2,1H3,(H,22,23). The van der Waals surface area contributed by atoms with E-state index in [0.29, 0.717) is 0 Å². The Morgan fingerprint density at radius 2 is 1.68 bits per heavy atom. The molecular formula is C21H36O4. The van der Waals surface area contributed by atoms with E-state index < -0.39 is 5.97 Å². The van der Waals surface area contributed by atoms with Gasteiger partial charge >= 0.3 is 11.9 Å². The van der Waals surface area contributed by atoms with Crippen LogP contribution in [-0.4, -0.2) is 23.1 Å². The van der Waals surface area contributed by atoms with Crippen LogP contribution in [-0.2, 0) is 14.3 Å². The van der Waals surface area contributed by atoms with Crippen LogP contribution in [0.1, 0.15) is 90.4 Å². The minimum absolute atomic E-state index is 0.0466. The number of unbranched alkanes of at least 4 members (excludes halogenated alkanes) is 8. The van der Waals surface area contributed by atoms with Gasteiger partial charge in [-0.3, -0.25) is 4.79 Å². The second kappa shape index (κ2) is 17.2. The first-order chi connectivity index (χ1) is 12.1. The summed E-state index contributed by atoms with van der Waals surface area (Å²) in [5.41, 5.74) is 0. The molecule has 0 radical (unpaired) electrons. The lowest BCUT2D eigenvalue weighted by molar-refractivity contribution is -0.143. The number of aliphatic carboxylic acids is 1. The van der Waals surface area contributed by atoms with E-state index in [9.17, 15) is 9.59 Å². The molecule has 0 rings (SSSR count). The maximum absolute atomic E-state index is 11.4. The summed E-state index contributed by atoms with van der Waals surface area (Å²) in [6.45, 7) is 5.64. The third-order valence-electron chi connectivity index (χ3n) is 4.16. The van der Waals surface area contributed by atoms with Gasteiger partial charge in [-0.1, -0.05) is 64.2 Å². The van der Waals surface area contributed by atoms with Crippen LogP contribution in [0, 0.1) is 0 Å². The Bertz CT molecular complexity index is 387. The van der Waals surface area contributed by atoms with Crippen LogP contribution < -0.4 is 0 Å². The van der Waals surface area contributed by atoms with Crippen LogP contribution in [0.4, 0.5) is 0 Å². The van der Waals surface area contributed by atoms with Crippen molar-refractivity contribution in [3.05, 3.63) is 24.8 Å². The SMILES string of the molecule is C=CC(=O)OC(CC=CCCCCCCCC(=O)O)CCCCCC. The number of carboxylic acids is 1. The first kappa shape index (κ1) is 23.4. The minimum atomic E-state index is -0.704. The van der Waals surface area contributed by atoms with Crippen molar-refractivity contribution in [2.24, 2.45) is 0 Å². The Hall–Kier alpha value is -1.58. The predicted molar refractivity (Wildman–Crippen MR) is 103 cm³/mol. The van der Waals surface area contributed by atoms with E-state index in [1.807, 2.05) is 0 Å². The van der Waals surface area contributed by atoms with Crippen molar-refractivity contribution in [3.8, 4) is 0 Å². The Morgan fingerprint density at radius 3 is 2.36 bits per heavy atom. The third kappa shape index (κ3) is 17.0. The van der Waals surface area contributed by atoms with Crippen molar-refractivity contribution in [3.63, 3.8) is 0 Å². The average molecular weight is 353 g/mol. The van der Waals surface area contributed by atoms with Crippen molar-refractivity contribution in [2.75, 3.05) is 0 Å². The summed E-state index contributed by atoms with van der Waals surface area (Å²) >= 11 is 0. The van der Waals surface area contributed by atoms with E-state index >= 15 is 0 Å². The molecule has 144 valence electrons. The van der Waals surface area contributed by atoms with Gasteiger partial charge in [0.25, 0.3) is 0 Å². The van der Waals surface area contributed by atoms with Crippen LogP contribution >= 0.6 is 0 Å². The van der Waals surface area contributed by atoms with E-state index in [-0.39, 0.29) is 18.5 Å². The van der Waals surface area contributed by atoms with Crippen LogP contribution in [0.5, 0.6) is 0 Å². The van der Waals surface area contributed by atoms with E-state index in [4.69, 9.17) is 9.84 Å². The van der Waals surface area contributed by atoms with Gasteiger partial charge in [0.05, 0.1) is 0 Å². The highest BCUT2D eigenvalue weighted by molar-refractivity contribution is 5.81. The van der Waals surface area contributed by atoms with Crippen molar-refractivity contribution in [1.29, 1.82) is 0 Å². The first-order valence-electron chi connectivity index (χ1n) is 9.80. The third-order valence-corrected chi connectivity index (χ3v) is 4.16. The summed E-state index contributed by atoms with van der Waals surface area (Å²) in [6.07, 6.45) is 18.3. The number of hydrogen-bond acceptors (Lipinski definition) is 3. The topological polar surface area (TPSA) is 63.6 Å². The fourth-order valence-corrected chi connectivity index (χ4v) is 2.67. The summed E-state index contributed by atoms with van der Waals surface area (Å²) in [5.74, 6) is -1.04. The average Bonchev–Trinajstić information content (AvgIpc) is 2.59. The van der Waals surface area contributed by atoms with Gasteiger partial charge < -0.3 is 9.84 Å².